The van der Waals surface area contributed by atoms with Gasteiger partial charge in [0.25, 0.3) is 11.8 Å². The van der Waals surface area contributed by atoms with Crippen molar-refractivity contribution in [3.63, 3.8) is 0 Å². The number of fused-ring (bicyclic) bond motifs is 2. The van der Waals surface area contributed by atoms with E-state index in [2.05, 4.69) is 15.2 Å². The number of carbonyl (C=O) groups is 2. The van der Waals surface area contributed by atoms with Crippen molar-refractivity contribution in [2.75, 3.05) is 13.1 Å². The Balaban J connectivity index is 0.000000405. The fraction of sp³-hybridized carbons (Fsp3) is 0.250. The van der Waals surface area contributed by atoms with Crippen molar-refractivity contribution >= 4 is 33.7 Å². The number of piperidine rings is 1. The van der Waals surface area contributed by atoms with E-state index in [4.69, 9.17) is 14.6 Å². The molecule has 8 nitrogen and oxygen atoms in total. The van der Waals surface area contributed by atoms with Gasteiger partial charge in [-0.3, -0.25) is 9.89 Å². The van der Waals surface area contributed by atoms with Gasteiger partial charge in [0.15, 0.2) is 6.10 Å². The smallest absolute Gasteiger partial charge is 0.475 e. The van der Waals surface area contributed by atoms with Crippen LogP contribution in [0.4, 0.5) is 22.0 Å². The Morgan fingerprint density at radius 3 is 2.51 bits per heavy atom. The van der Waals surface area contributed by atoms with Crippen LogP contribution < -0.4 is 4.74 Å². The summed E-state index contributed by atoms with van der Waals surface area (Å²) in [6, 6.07) is 15.9. The lowest BCUT2D eigenvalue weighted by Crippen LogP contribution is -2.55. The number of aliphatic carboxylic acids is 1. The molecule has 1 amide bonds. The number of alkyl halides is 5. The molecule has 0 bridgehead atoms. The maximum Gasteiger partial charge on any atom is 0.490 e. The van der Waals surface area contributed by atoms with Gasteiger partial charge in [-0.25, -0.2) is 18.6 Å². The molecule has 2 aromatic heterocycles. The van der Waals surface area contributed by atoms with Crippen LogP contribution in [-0.4, -0.2) is 68.4 Å². The molecule has 0 spiro atoms. The number of benzene rings is 2. The zero-order valence-corrected chi connectivity index (χ0v) is 18.9. The largest absolute Gasteiger partial charge is 0.490 e. The predicted molar refractivity (Wildman–Crippen MR) is 121 cm³/mol. The van der Waals surface area contributed by atoms with Crippen LogP contribution >= 0.6 is 0 Å². The SMILES string of the molecule is O=C(O)C(F)(F)F.O=C(c1ccc2cn[nH]c2c1)N1CCC(F)(F)[C@@H](Oc2ccc3ccccc3n2)C1. The Hall–Kier alpha value is -4.29. The molecule has 4 aromatic rings. The third kappa shape index (κ3) is 5.93. The minimum absolute atomic E-state index is 0.0438. The summed E-state index contributed by atoms with van der Waals surface area (Å²) in [5, 5.41) is 15.6. The normalized spacial score (nSPS) is 17.2. The molecule has 5 rings (SSSR count). The molecule has 1 saturated heterocycles. The van der Waals surface area contributed by atoms with E-state index in [1.54, 1.807) is 42.6 Å². The Morgan fingerprint density at radius 2 is 1.78 bits per heavy atom. The van der Waals surface area contributed by atoms with Gasteiger partial charge in [0.2, 0.25) is 5.88 Å². The molecule has 1 atom stereocenters. The Labute approximate surface area is 205 Å². The van der Waals surface area contributed by atoms with E-state index in [0.717, 1.165) is 16.3 Å². The molecule has 2 N–H and O–H groups in total. The second-order valence-corrected chi connectivity index (χ2v) is 8.19. The number of nitrogens with zero attached hydrogens (tertiary/aromatic N) is 3. The van der Waals surface area contributed by atoms with E-state index in [1.807, 2.05) is 18.2 Å². The molecule has 37 heavy (non-hydrogen) atoms. The van der Waals surface area contributed by atoms with E-state index in [-0.39, 0.29) is 24.9 Å². The van der Waals surface area contributed by atoms with Gasteiger partial charge in [-0.1, -0.05) is 24.3 Å². The van der Waals surface area contributed by atoms with Crippen LogP contribution in [0.2, 0.25) is 0 Å². The summed E-state index contributed by atoms with van der Waals surface area (Å²) < 4.78 is 66.5. The van der Waals surface area contributed by atoms with Gasteiger partial charge < -0.3 is 14.7 Å². The van der Waals surface area contributed by atoms with Crippen LogP contribution in [0.3, 0.4) is 0 Å². The fourth-order valence-corrected chi connectivity index (χ4v) is 3.69. The number of para-hydroxylation sites is 1. The van der Waals surface area contributed by atoms with Crippen molar-refractivity contribution in [1.29, 1.82) is 0 Å². The summed E-state index contributed by atoms with van der Waals surface area (Å²) >= 11 is 0. The molecular weight excluding hydrogens is 503 g/mol. The maximum absolute atomic E-state index is 14.6. The molecule has 0 unspecified atom stereocenters. The molecule has 0 saturated carbocycles. The molecule has 0 aliphatic carbocycles. The molecule has 0 radical (unpaired) electrons. The number of carboxylic acids is 1. The van der Waals surface area contributed by atoms with Crippen molar-refractivity contribution in [3.05, 3.63) is 66.4 Å². The third-order valence-electron chi connectivity index (χ3n) is 5.63. The number of ether oxygens (including phenoxy) is 1. The maximum atomic E-state index is 14.6. The number of hydrogen-bond donors (Lipinski definition) is 2. The quantitative estimate of drug-likeness (QED) is 0.379. The lowest BCUT2D eigenvalue weighted by atomic mass is 10.0. The number of hydrogen-bond acceptors (Lipinski definition) is 5. The van der Waals surface area contributed by atoms with Crippen LogP contribution in [0, 0.1) is 0 Å². The number of carbonyl (C=O) groups excluding carboxylic acids is 1. The second-order valence-electron chi connectivity index (χ2n) is 8.19. The highest BCUT2D eigenvalue weighted by Crippen LogP contribution is 2.32. The van der Waals surface area contributed by atoms with Gasteiger partial charge in [-0.15, -0.1) is 0 Å². The van der Waals surface area contributed by atoms with Gasteiger partial charge >= 0.3 is 12.1 Å². The van der Waals surface area contributed by atoms with E-state index in [9.17, 15) is 26.7 Å². The Kier molecular flexibility index (Phi) is 6.96. The fourth-order valence-electron chi connectivity index (χ4n) is 3.69. The van der Waals surface area contributed by atoms with Crippen LogP contribution in [0.25, 0.3) is 21.8 Å². The number of aromatic amines is 1. The number of likely N-dealkylation sites (tertiary alicyclic amines) is 1. The van der Waals surface area contributed by atoms with Crippen molar-refractivity contribution in [1.82, 2.24) is 20.1 Å². The third-order valence-corrected chi connectivity index (χ3v) is 5.63. The number of carboxylic acid groups (broad SMARTS) is 1. The van der Waals surface area contributed by atoms with Crippen LogP contribution in [0.1, 0.15) is 16.8 Å². The summed E-state index contributed by atoms with van der Waals surface area (Å²) in [5.74, 6) is -6.02. The van der Waals surface area contributed by atoms with Crippen LogP contribution in [0.5, 0.6) is 5.88 Å². The lowest BCUT2D eigenvalue weighted by Gasteiger charge is -2.38. The van der Waals surface area contributed by atoms with Gasteiger partial charge in [0.1, 0.15) is 0 Å². The second kappa shape index (κ2) is 9.99. The average Bonchev–Trinajstić information content (AvgIpc) is 3.32. The minimum atomic E-state index is -5.08. The summed E-state index contributed by atoms with van der Waals surface area (Å²) in [7, 11) is 0. The predicted octanol–water partition coefficient (Wildman–Crippen LogP) is 4.67. The monoisotopic (exact) mass is 522 g/mol. The molecule has 3 heterocycles. The first-order valence-corrected chi connectivity index (χ1v) is 10.9. The number of nitrogens with one attached hydrogen (secondary N) is 1. The van der Waals surface area contributed by atoms with E-state index < -0.39 is 30.6 Å². The lowest BCUT2D eigenvalue weighted by molar-refractivity contribution is -0.192. The van der Waals surface area contributed by atoms with Crippen molar-refractivity contribution in [2.45, 2.75) is 24.6 Å². The van der Waals surface area contributed by atoms with Crippen molar-refractivity contribution < 1.29 is 41.4 Å². The molecule has 1 aliphatic heterocycles. The molecule has 1 aliphatic rings. The highest BCUT2D eigenvalue weighted by atomic mass is 19.4. The molecule has 13 heteroatoms. The zero-order chi connectivity index (χ0) is 26.8. The number of halogens is 5. The highest BCUT2D eigenvalue weighted by Gasteiger charge is 2.47. The summed E-state index contributed by atoms with van der Waals surface area (Å²) in [4.78, 5) is 27.5. The van der Waals surface area contributed by atoms with Crippen LogP contribution in [0.15, 0.2) is 60.8 Å². The minimum Gasteiger partial charge on any atom is -0.475 e. The van der Waals surface area contributed by atoms with Gasteiger partial charge in [0.05, 0.1) is 23.8 Å². The van der Waals surface area contributed by atoms with Gasteiger partial charge in [0, 0.05) is 35.4 Å². The number of amides is 1. The molecule has 2 aromatic carbocycles. The first kappa shape index (κ1) is 25.8. The molecule has 194 valence electrons. The van der Waals surface area contributed by atoms with Gasteiger partial charge in [-0.05, 0) is 24.3 Å². The van der Waals surface area contributed by atoms with Crippen LogP contribution in [-0.2, 0) is 4.79 Å². The Morgan fingerprint density at radius 1 is 1.08 bits per heavy atom. The van der Waals surface area contributed by atoms with E-state index in [1.165, 1.54) is 4.90 Å². The topological polar surface area (TPSA) is 108 Å². The van der Waals surface area contributed by atoms with E-state index in [0.29, 0.717) is 11.1 Å². The highest BCUT2D eigenvalue weighted by molar-refractivity contribution is 5.97. The standard InChI is InChI=1S/C22H18F2N4O2.C2HF3O2/c23-22(24)9-10-28(21(29)15-5-6-16-12-25-27-18(16)11-15)13-19(22)30-20-8-7-14-3-1-2-4-17(14)26-20;3-2(4,5)1(6)7/h1-8,11-12,19H,9-10,13H2,(H,25,27);(H,6,7)/t19-;/m0./s1. The number of H-pyrrole nitrogens is 1. The Bertz CT molecular complexity index is 1440. The number of pyridine rings is 1. The first-order valence-electron chi connectivity index (χ1n) is 10.9. The molecular formula is C24H19F5N4O4. The van der Waals surface area contributed by atoms with Crippen molar-refractivity contribution in [2.24, 2.45) is 0 Å². The summed E-state index contributed by atoms with van der Waals surface area (Å²) in [6.07, 6.45) is -5.37. The van der Waals surface area contributed by atoms with Gasteiger partial charge in [-0.2, -0.15) is 18.3 Å². The zero-order valence-electron chi connectivity index (χ0n) is 18.9. The summed E-state index contributed by atoms with van der Waals surface area (Å²) in [6.45, 7) is -0.265. The molecule has 1 fully saturated rings. The number of aromatic nitrogens is 3. The number of rotatable bonds is 3. The van der Waals surface area contributed by atoms with Crippen molar-refractivity contribution in [3.8, 4) is 5.88 Å². The summed E-state index contributed by atoms with van der Waals surface area (Å²) in [5.41, 5.74) is 1.80. The van der Waals surface area contributed by atoms with E-state index >= 15 is 0 Å². The first-order chi connectivity index (χ1) is 17.4. The average molecular weight is 522 g/mol.